The lowest BCUT2D eigenvalue weighted by molar-refractivity contribution is 0.157. The van der Waals surface area contributed by atoms with Crippen LogP contribution in [0.3, 0.4) is 0 Å². The monoisotopic (exact) mass is 339 g/mol. The van der Waals surface area contributed by atoms with Crippen molar-refractivity contribution in [2.45, 2.75) is 13.3 Å². The third kappa shape index (κ3) is 5.51. The van der Waals surface area contributed by atoms with Crippen molar-refractivity contribution in [2.24, 2.45) is 4.99 Å². The van der Waals surface area contributed by atoms with E-state index in [2.05, 4.69) is 33.4 Å². The highest BCUT2D eigenvalue weighted by atomic mass is 32.2. The molecule has 0 unspecified atom stereocenters. The molecule has 1 aliphatic rings. The van der Waals surface area contributed by atoms with E-state index >= 15 is 0 Å². The molecular weight excluding hydrogens is 314 g/mol. The number of hydrogen-bond donors (Lipinski definition) is 1. The van der Waals surface area contributed by atoms with Crippen LogP contribution < -0.4 is 10.2 Å². The summed E-state index contributed by atoms with van der Waals surface area (Å²) in [6, 6.07) is 8.35. The first-order chi connectivity index (χ1) is 11.0. The molecule has 0 radical (unpaired) electrons. The van der Waals surface area contributed by atoms with Gasteiger partial charge in [0.2, 0.25) is 0 Å². The third-order valence-corrected chi connectivity index (χ3v) is 4.48. The number of anilines is 1. The van der Waals surface area contributed by atoms with E-state index in [1.54, 1.807) is 0 Å². The van der Waals surface area contributed by atoms with Crippen LogP contribution in [0.5, 0.6) is 0 Å². The average molecular weight is 339 g/mol. The summed E-state index contributed by atoms with van der Waals surface area (Å²) in [5, 5.41) is 3.31. The van der Waals surface area contributed by atoms with E-state index in [4.69, 9.17) is 4.74 Å². The van der Waals surface area contributed by atoms with Crippen molar-refractivity contribution >= 4 is 21.5 Å². The molecule has 0 atom stereocenters. The Bertz CT molecular complexity index is 644. The van der Waals surface area contributed by atoms with Gasteiger partial charge < -0.3 is 15.0 Å². The smallest absolute Gasteiger partial charge is 0.198 e. The number of rotatable bonds is 7. The fraction of sp³-hybridized carbons (Fsp3) is 0.562. The van der Waals surface area contributed by atoms with Crippen LogP contribution in [0.4, 0.5) is 5.69 Å². The van der Waals surface area contributed by atoms with Crippen molar-refractivity contribution in [2.75, 3.05) is 49.8 Å². The first-order valence-corrected chi connectivity index (χ1v) is 9.96. The lowest BCUT2D eigenvalue weighted by atomic mass is 10.2. The first-order valence-electron chi connectivity index (χ1n) is 7.90. The molecule has 0 fully saturated rings. The molecule has 0 saturated heterocycles. The topological polar surface area (TPSA) is 71.0 Å². The fourth-order valence-corrected chi connectivity index (χ4v) is 2.90. The summed E-state index contributed by atoms with van der Waals surface area (Å²) in [6.45, 7) is 4.90. The standard InChI is InChI=1S/C16H25N3O3S/c1-3-17-16(18-9-11-22-12-13-23(2,20)21)19-10-8-14-6-4-5-7-15(14)19/h4-7H,3,8-13H2,1-2H3,(H,17,18). The minimum atomic E-state index is -2.96. The molecule has 23 heavy (non-hydrogen) atoms. The van der Waals surface area contributed by atoms with Crippen LogP contribution in [0.25, 0.3) is 0 Å². The van der Waals surface area contributed by atoms with Gasteiger partial charge in [-0.05, 0) is 25.0 Å². The molecule has 1 N–H and O–H groups in total. The van der Waals surface area contributed by atoms with Crippen molar-refractivity contribution in [3.05, 3.63) is 29.8 Å². The minimum absolute atomic E-state index is 0.0519. The zero-order chi connectivity index (χ0) is 16.7. The molecular formula is C16H25N3O3S. The number of nitrogens with zero attached hydrogens (tertiary/aromatic N) is 2. The number of hydrogen-bond acceptors (Lipinski definition) is 4. The molecule has 0 aliphatic carbocycles. The summed E-state index contributed by atoms with van der Waals surface area (Å²) in [7, 11) is -2.96. The second-order valence-corrected chi connectivity index (χ2v) is 7.77. The molecule has 0 bridgehead atoms. The highest BCUT2D eigenvalue weighted by molar-refractivity contribution is 7.90. The maximum absolute atomic E-state index is 11.0. The van der Waals surface area contributed by atoms with E-state index in [0.717, 1.165) is 25.5 Å². The fourth-order valence-electron chi connectivity index (χ4n) is 2.48. The summed E-state index contributed by atoms with van der Waals surface area (Å²) >= 11 is 0. The Labute approximate surface area is 138 Å². The Balaban J connectivity index is 1.89. The highest BCUT2D eigenvalue weighted by Gasteiger charge is 2.22. The Hall–Kier alpha value is -1.60. The van der Waals surface area contributed by atoms with E-state index in [0.29, 0.717) is 13.2 Å². The Morgan fingerprint density at radius 3 is 2.87 bits per heavy atom. The van der Waals surface area contributed by atoms with Gasteiger partial charge in [0.05, 0.1) is 25.5 Å². The van der Waals surface area contributed by atoms with Gasteiger partial charge in [0, 0.05) is 25.0 Å². The number of ether oxygens (including phenoxy) is 1. The van der Waals surface area contributed by atoms with Gasteiger partial charge in [-0.2, -0.15) is 0 Å². The molecule has 6 nitrogen and oxygen atoms in total. The second kappa shape index (κ2) is 8.31. The van der Waals surface area contributed by atoms with Gasteiger partial charge in [0.1, 0.15) is 9.84 Å². The van der Waals surface area contributed by atoms with Crippen LogP contribution in [0.15, 0.2) is 29.3 Å². The van der Waals surface area contributed by atoms with E-state index in [1.165, 1.54) is 17.5 Å². The van der Waals surface area contributed by atoms with Crippen LogP contribution in [-0.4, -0.2) is 59.2 Å². The molecule has 1 aromatic rings. The Morgan fingerprint density at radius 2 is 2.13 bits per heavy atom. The molecule has 1 aliphatic heterocycles. The van der Waals surface area contributed by atoms with Crippen molar-refractivity contribution in [1.29, 1.82) is 0 Å². The summed E-state index contributed by atoms with van der Waals surface area (Å²) in [5.74, 6) is 0.903. The van der Waals surface area contributed by atoms with Crippen molar-refractivity contribution in [3.63, 3.8) is 0 Å². The number of aliphatic imine (C=N–C) groups is 1. The highest BCUT2D eigenvalue weighted by Crippen LogP contribution is 2.27. The Morgan fingerprint density at radius 1 is 1.35 bits per heavy atom. The van der Waals surface area contributed by atoms with Gasteiger partial charge in [-0.1, -0.05) is 18.2 Å². The average Bonchev–Trinajstić information content (AvgIpc) is 2.92. The van der Waals surface area contributed by atoms with E-state index in [1.807, 2.05) is 13.0 Å². The van der Waals surface area contributed by atoms with Crippen LogP contribution in [0.2, 0.25) is 0 Å². The molecule has 128 valence electrons. The van der Waals surface area contributed by atoms with Crippen LogP contribution in [-0.2, 0) is 21.0 Å². The first kappa shape index (κ1) is 17.7. The summed E-state index contributed by atoms with van der Waals surface area (Å²) in [5.41, 5.74) is 2.53. The van der Waals surface area contributed by atoms with Crippen molar-refractivity contribution in [1.82, 2.24) is 5.32 Å². The van der Waals surface area contributed by atoms with Crippen LogP contribution in [0.1, 0.15) is 12.5 Å². The number of benzene rings is 1. The van der Waals surface area contributed by atoms with Gasteiger partial charge in [0.25, 0.3) is 0 Å². The minimum Gasteiger partial charge on any atom is -0.378 e. The summed E-state index contributed by atoms with van der Waals surface area (Å²) in [4.78, 5) is 6.78. The number of nitrogens with one attached hydrogen (secondary N) is 1. The maximum Gasteiger partial charge on any atom is 0.198 e. The lowest BCUT2D eigenvalue weighted by Gasteiger charge is -2.22. The van der Waals surface area contributed by atoms with E-state index in [-0.39, 0.29) is 12.4 Å². The summed E-state index contributed by atoms with van der Waals surface area (Å²) in [6.07, 6.45) is 2.23. The van der Waals surface area contributed by atoms with Gasteiger partial charge in [-0.15, -0.1) is 0 Å². The molecule has 0 aromatic heterocycles. The molecule has 7 heteroatoms. The SMILES string of the molecule is CCNC(=NCCOCCS(C)(=O)=O)N1CCc2ccccc21. The second-order valence-electron chi connectivity index (χ2n) is 5.51. The van der Waals surface area contributed by atoms with Crippen LogP contribution in [0, 0.1) is 0 Å². The van der Waals surface area contributed by atoms with Crippen molar-refractivity contribution in [3.8, 4) is 0 Å². The third-order valence-electron chi connectivity index (χ3n) is 3.57. The Kier molecular flexibility index (Phi) is 6.41. The number of sulfone groups is 1. The molecule has 1 heterocycles. The zero-order valence-electron chi connectivity index (χ0n) is 13.8. The molecule has 2 rings (SSSR count). The quantitative estimate of drug-likeness (QED) is 0.457. The van der Waals surface area contributed by atoms with Gasteiger partial charge in [-0.3, -0.25) is 4.99 Å². The normalized spacial score (nSPS) is 14.9. The van der Waals surface area contributed by atoms with E-state index in [9.17, 15) is 8.42 Å². The number of fused-ring (bicyclic) bond motifs is 1. The van der Waals surface area contributed by atoms with Crippen LogP contribution >= 0.6 is 0 Å². The summed E-state index contributed by atoms with van der Waals surface area (Å²) < 4.78 is 27.4. The largest absolute Gasteiger partial charge is 0.378 e. The molecule has 0 amide bonds. The van der Waals surface area contributed by atoms with Crippen molar-refractivity contribution < 1.29 is 13.2 Å². The number of guanidine groups is 1. The van der Waals surface area contributed by atoms with E-state index < -0.39 is 9.84 Å². The predicted octanol–water partition coefficient (Wildman–Crippen LogP) is 1.08. The maximum atomic E-state index is 11.0. The van der Waals surface area contributed by atoms with Gasteiger partial charge >= 0.3 is 0 Å². The predicted molar refractivity (Wildman–Crippen MR) is 94.0 cm³/mol. The zero-order valence-corrected chi connectivity index (χ0v) is 14.6. The van der Waals surface area contributed by atoms with Gasteiger partial charge in [0.15, 0.2) is 5.96 Å². The molecule has 1 aromatic carbocycles. The van der Waals surface area contributed by atoms with Gasteiger partial charge in [-0.25, -0.2) is 8.42 Å². The number of para-hydroxylation sites is 1. The molecule has 0 saturated carbocycles. The lowest BCUT2D eigenvalue weighted by Crippen LogP contribution is -2.40. The molecule has 0 spiro atoms.